The predicted molar refractivity (Wildman–Crippen MR) is 64.0 cm³/mol. The van der Waals surface area contributed by atoms with Gasteiger partial charge in [0, 0.05) is 5.69 Å². The first-order valence-electron chi connectivity index (χ1n) is 5.06. The molecular weight excluding hydrogens is 257 g/mol. The van der Waals surface area contributed by atoms with E-state index in [9.17, 15) is 12.8 Å². The van der Waals surface area contributed by atoms with Gasteiger partial charge >= 0.3 is 0 Å². The van der Waals surface area contributed by atoms with Crippen LogP contribution in [0, 0.1) is 12.9 Å². The molecule has 0 radical (unpaired) electrons. The van der Waals surface area contributed by atoms with Crippen molar-refractivity contribution in [3.8, 4) is 0 Å². The Morgan fingerprint density at radius 3 is 2.50 bits per heavy atom. The Morgan fingerprint density at radius 1 is 1.11 bits per heavy atom. The zero-order valence-electron chi connectivity index (χ0n) is 9.46. The third-order valence-corrected chi connectivity index (χ3v) is 3.35. The number of nitrogens with zero attached hydrogens (tertiary/aromatic N) is 2. The summed E-state index contributed by atoms with van der Waals surface area (Å²) in [6.45, 7) is 1.68. The summed E-state index contributed by atoms with van der Waals surface area (Å²) in [7, 11) is -3.84. The van der Waals surface area contributed by atoms with Crippen molar-refractivity contribution in [2.45, 2.75) is 11.9 Å². The summed E-state index contributed by atoms with van der Waals surface area (Å²) in [5.74, 6) is -0.842. The van der Waals surface area contributed by atoms with E-state index in [0.29, 0.717) is 5.69 Å². The van der Waals surface area contributed by atoms with Crippen LogP contribution in [0.1, 0.15) is 5.69 Å². The van der Waals surface area contributed by atoms with Crippen molar-refractivity contribution >= 4 is 15.8 Å². The van der Waals surface area contributed by atoms with Crippen LogP contribution in [0.3, 0.4) is 0 Å². The number of sulfonamides is 1. The largest absolute Gasteiger partial charge is 0.280 e. The number of pyridine rings is 2. The molecule has 0 spiro atoms. The zero-order chi connectivity index (χ0) is 13.2. The Morgan fingerprint density at radius 2 is 1.83 bits per heavy atom. The minimum atomic E-state index is -3.84. The van der Waals surface area contributed by atoms with Crippen molar-refractivity contribution in [2.24, 2.45) is 0 Å². The van der Waals surface area contributed by atoms with Crippen molar-refractivity contribution in [1.82, 2.24) is 9.97 Å². The van der Waals surface area contributed by atoms with Gasteiger partial charge in [-0.05, 0) is 31.2 Å². The molecule has 94 valence electrons. The van der Waals surface area contributed by atoms with Gasteiger partial charge in [-0.2, -0.15) is 12.8 Å². The molecule has 5 nitrogen and oxygen atoms in total. The molecule has 0 aliphatic rings. The van der Waals surface area contributed by atoms with Crippen LogP contribution in [-0.2, 0) is 10.0 Å². The lowest BCUT2D eigenvalue weighted by Crippen LogP contribution is -2.15. The molecule has 1 N–H and O–H groups in total. The van der Waals surface area contributed by atoms with Crippen LogP contribution in [0.4, 0.5) is 10.2 Å². The van der Waals surface area contributed by atoms with Gasteiger partial charge in [-0.1, -0.05) is 12.1 Å². The molecule has 7 heteroatoms. The highest BCUT2D eigenvalue weighted by molar-refractivity contribution is 7.92. The van der Waals surface area contributed by atoms with Gasteiger partial charge in [0.1, 0.15) is 5.82 Å². The number of aryl methyl sites for hydroxylation is 1. The molecule has 0 bridgehead atoms. The van der Waals surface area contributed by atoms with Crippen molar-refractivity contribution < 1.29 is 12.8 Å². The van der Waals surface area contributed by atoms with Crippen LogP contribution in [0.5, 0.6) is 0 Å². The van der Waals surface area contributed by atoms with Gasteiger partial charge in [-0.25, -0.2) is 9.97 Å². The minimum Gasteiger partial charge on any atom is -0.262 e. The Labute approximate surface area is 104 Å². The SMILES string of the molecule is Cc1cccc(S(=O)(=O)Nc2cccc(F)n2)n1. The molecule has 0 saturated carbocycles. The maximum atomic E-state index is 12.8. The van der Waals surface area contributed by atoms with Crippen LogP contribution < -0.4 is 4.72 Å². The number of hydrogen-bond acceptors (Lipinski definition) is 4. The van der Waals surface area contributed by atoms with Gasteiger partial charge in [0.05, 0.1) is 0 Å². The summed E-state index contributed by atoms with van der Waals surface area (Å²) in [6, 6.07) is 8.47. The van der Waals surface area contributed by atoms with E-state index in [1.165, 1.54) is 18.2 Å². The number of anilines is 1. The Bertz CT molecular complexity index is 673. The molecule has 2 heterocycles. The molecule has 0 atom stereocenters. The van der Waals surface area contributed by atoms with E-state index in [2.05, 4.69) is 14.7 Å². The van der Waals surface area contributed by atoms with Crippen molar-refractivity contribution in [2.75, 3.05) is 4.72 Å². The second kappa shape index (κ2) is 4.69. The van der Waals surface area contributed by atoms with E-state index in [-0.39, 0.29) is 10.8 Å². The van der Waals surface area contributed by atoms with Gasteiger partial charge in [-0.3, -0.25) is 4.72 Å². The van der Waals surface area contributed by atoms with Gasteiger partial charge < -0.3 is 0 Å². The lowest BCUT2D eigenvalue weighted by atomic mass is 10.4. The number of halogens is 1. The van der Waals surface area contributed by atoms with Crippen LogP contribution in [0.15, 0.2) is 41.4 Å². The summed E-state index contributed by atoms with van der Waals surface area (Å²) in [4.78, 5) is 7.31. The number of aromatic nitrogens is 2. The lowest BCUT2D eigenvalue weighted by Gasteiger charge is -2.06. The maximum Gasteiger partial charge on any atom is 0.280 e. The summed E-state index contributed by atoms with van der Waals surface area (Å²) >= 11 is 0. The smallest absolute Gasteiger partial charge is 0.262 e. The fourth-order valence-electron chi connectivity index (χ4n) is 1.32. The van der Waals surface area contributed by atoms with E-state index in [1.54, 1.807) is 19.1 Å². The van der Waals surface area contributed by atoms with Crippen molar-refractivity contribution in [3.05, 3.63) is 48.0 Å². The Kier molecular flexibility index (Phi) is 3.24. The minimum absolute atomic E-state index is 0.0849. The normalized spacial score (nSPS) is 11.2. The summed E-state index contributed by atoms with van der Waals surface area (Å²) in [6.07, 6.45) is 0. The molecule has 0 aliphatic carbocycles. The highest BCUT2D eigenvalue weighted by atomic mass is 32.2. The quantitative estimate of drug-likeness (QED) is 0.859. The molecular formula is C11H10FN3O2S. The topological polar surface area (TPSA) is 72.0 Å². The van der Waals surface area contributed by atoms with E-state index < -0.39 is 16.0 Å². The number of hydrogen-bond donors (Lipinski definition) is 1. The summed E-state index contributed by atoms with van der Waals surface area (Å²) in [5.41, 5.74) is 0.574. The van der Waals surface area contributed by atoms with E-state index >= 15 is 0 Å². The van der Waals surface area contributed by atoms with Crippen LogP contribution in [0.2, 0.25) is 0 Å². The second-order valence-corrected chi connectivity index (χ2v) is 5.20. The first-order valence-corrected chi connectivity index (χ1v) is 6.55. The van der Waals surface area contributed by atoms with Gasteiger partial charge in [0.2, 0.25) is 5.95 Å². The molecule has 0 aromatic carbocycles. The fourth-order valence-corrected chi connectivity index (χ4v) is 2.34. The summed E-state index contributed by atoms with van der Waals surface area (Å²) < 4.78 is 38.9. The number of nitrogens with one attached hydrogen (secondary N) is 1. The first-order chi connectivity index (χ1) is 8.47. The Hall–Kier alpha value is -2.02. The molecule has 2 aromatic heterocycles. The van der Waals surface area contributed by atoms with Crippen LogP contribution in [0.25, 0.3) is 0 Å². The predicted octanol–water partition coefficient (Wildman–Crippen LogP) is 1.72. The number of rotatable bonds is 3. The average Bonchev–Trinajstić information content (AvgIpc) is 2.28. The van der Waals surface area contributed by atoms with Crippen molar-refractivity contribution in [3.63, 3.8) is 0 Å². The molecule has 0 saturated heterocycles. The lowest BCUT2D eigenvalue weighted by molar-refractivity contribution is 0.584. The second-order valence-electron chi connectivity index (χ2n) is 3.57. The fraction of sp³-hybridized carbons (Fsp3) is 0.0909. The van der Waals surface area contributed by atoms with Gasteiger partial charge in [-0.15, -0.1) is 0 Å². The van der Waals surface area contributed by atoms with Crippen LogP contribution in [-0.4, -0.2) is 18.4 Å². The summed E-state index contributed by atoms with van der Waals surface area (Å²) in [5, 5.41) is -0.131. The first kappa shape index (κ1) is 12.4. The molecule has 0 unspecified atom stereocenters. The molecule has 2 rings (SSSR count). The highest BCUT2D eigenvalue weighted by Crippen LogP contribution is 2.12. The molecule has 0 fully saturated rings. The zero-order valence-corrected chi connectivity index (χ0v) is 10.3. The van der Waals surface area contributed by atoms with E-state index in [0.717, 1.165) is 6.07 Å². The highest BCUT2D eigenvalue weighted by Gasteiger charge is 2.16. The van der Waals surface area contributed by atoms with E-state index in [4.69, 9.17) is 0 Å². The van der Waals surface area contributed by atoms with Crippen molar-refractivity contribution in [1.29, 1.82) is 0 Å². The van der Waals surface area contributed by atoms with Gasteiger partial charge in [0.25, 0.3) is 10.0 Å². The van der Waals surface area contributed by atoms with Crippen LogP contribution >= 0.6 is 0 Å². The maximum absolute atomic E-state index is 12.8. The third-order valence-electron chi connectivity index (χ3n) is 2.09. The molecule has 0 aliphatic heterocycles. The van der Waals surface area contributed by atoms with Gasteiger partial charge in [0.15, 0.2) is 5.03 Å². The standard InChI is InChI=1S/C11H10FN3O2S/c1-8-4-2-7-11(13-8)18(16,17)15-10-6-3-5-9(12)14-10/h2-7H,1H3,(H,14,15). The third kappa shape index (κ3) is 2.80. The molecule has 2 aromatic rings. The molecule has 18 heavy (non-hydrogen) atoms. The molecule has 0 amide bonds. The monoisotopic (exact) mass is 267 g/mol. The van der Waals surface area contributed by atoms with E-state index in [1.807, 2.05) is 0 Å². The average molecular weight is 267 g/mol. The Balaban J connectivity index is 2.33.